The lowest BCUT2D eigenvalue weighted by molar-refractivity contribution is 0.268. The van der Waals surface area contributed by atoms with Crippen LogP contribution in [0.5, 0.6) is 0 Å². The molecule has 2 aromatic rings. The molecule has 0 saturated carbocycles. The van der Waals surface area contributed by atoms with Crippen LogP contribution in [0.25, 0.3) is 0 Å². The van der Waals surface area contributed by atoms with Crippen LogP contribution in [0, 0.1) is 13.8 Å². The summed E-state index contributed by atoms with van der Waals surface area (Å²) in [6.07, 6.45) is 0.901. The van der Waals surface area contributed by atoms with E-state index in [9.17, 15) is 5.11 Å². The number of guanidine groups is 1. The lowest BCUT2D eigenvalue weighted by Crippen LogP contribution is -2.38. The number of rotatable bonds is 8. The van der Waals surface area contributed by atoms with Gasteiger partial charge in [0.05, 0.1) is 18.8 Å². The van der Waals surface area contributed by atoms with Crippen LogP contribution in [0.1, 0.15) is 35.4 Å². The molecule has 0 amide bonds. The Morgan fingerprint density at radius 3 is 2.48 bits per heavy atom. The largest absolute Gasteiger partial charge is 0.396 e. The highest BCUT2D eigenvalue weighted by atomic mass is 127. The Labute approximate surface area is 179 Å². The number of nitrogens with one attached hydrogen (secondary N) is 2. The average Bonchev–Trinajstić information content (AvgIpc) is 2.89. The van der Waals surface area contributed by atoms with Crippen molar-refractivity contribution in [1.29, 1.82) is 0 Å². The second-order valence-corrected chi connectivity index (χ2v) is 6.46. The number of aliphatic hydroxyl groups is 1. The highest BCUT2D eigenvalue weighted by Crippen LogP contribution is 2.15. The van der Waals surface area contributed by atoms with E-state index in [-0.39, 0.29) is 36.5 Å². The molecule has 27 heavy (non-hydrogen) atoms. The molecule has 0 saturated heterocycles. The van der Waals surface area contributed by atoms with E-state index < -0.39 is 0 Å². The maximum absolute atomic E-state index is 9.69. The summed E-state index contributed by atoms with van der Waals surface area (Å²) < 4.78 is 1.93. The minimum absolute atomic E-state index is 0. The lowest BCUT2D eigenvalue weighted by atomic mass is 10.0. The van der Waals surface area contributed by atoms with Gasteiger partial charge in [-0.2, -0.15) is 5.10 Å². The second kappa shape index (κ2) is 12.0. The number of hydrogen-bond acceptors (Lipinski definition) is 3. The monoisotopic (exact) mass is 485 g/mol. The highest BCUT2D eigenvalue weighted by molar-refractivity contribution is 14.0. The summed E-state index contributed by atoms with van der Waals surface area (Å²) in [5, 5.41) is 20.8. The number of benzene rings is 1. The van der Waals surface area contributed by atoms with Crippen molar-refractivity contribution < 1.29 is 5.11 Å². The Hall–Kier alpha value is -1.61. The molecule has 6 nitrogen and oxygen atoms in total. The van der Waals surface area contributed by atoms with E-state index in [1.807, 2.05) is 55.9 Å². The third-order valence-electron chi connectivity index (χ3n) is 4.63. The van der Waals surface area contributed by atoms with E-state index in [1.54, 1.807) is 0 Å². The van der Waals surface area contributed by atoms with Crippen LogP contribution in [0.2, 0.25) is 0 Å². The fraction of sp³-hybridized carbons (Fsp3) is 0.500. The van der Waals surface area contributed by atoms with Crippen LogP contribution in [0.15, 0.2) is 35.3 Å². The summed E-state index contributed by atoms with van der Waals surface area (Å²) in [5.41, 5.74) is 4.68. The molecule has 1 heterocycles. The van der Waals surface area contributed by atoms with Gasteiger partial charge in [-0.15, -0.1) is 24.0 Å². The average molecular weight is 485 g/mol. The number of nitrogens with zero attached hydrogens (tertiary/aromatic N) is 3. The van der Waals surface area contributed by atoms with Crippen molar-refractivity contribution in [2.24, 2.45) is 12.0 Å². The van der Waals surface area contributed by atoms with Gasteiger partial charge >= 0.3 is 0 Å². The molecule has 0 radical (unpaired) electrons. The lowest BCUT2D eigenvalue weighted by Gasteiger charge is -2.15. The van der Waals surface area contributed by atoms with E-state index in [2.05, 4.69) is 27.6 Å². The SMILES string of the molecule is CCNC(=NCC(CO)c1ccccc1)NCCc1c(C)nn(C)c1C.I. The molecule has 0 aliphatic carbocycles. The van der Waals surface area contributed by atoms with Crippen molar-refractivity contribution in [1.82, 2.24) is 20.4 Å². The highest BCUT2D eigenvalue weighted by Gasteiger charge is 2.11. The fourth-order valence-electron chi connectivity index (χ4n) is 3.02. The maximum atomic E-state index is 9.69. The molecule has 7 heteroatoms. The summed E-state index contributed by atoms with van der Waals surface area (Å²) in [4.78, 5) is 4.66. The molecule has 1 unspecified atom stereocenters. The number of aliphatic imine (C=N–C) groups is 1. The molecular weight excluding hydrogens is 453 g/mol. The minimum atomic E-state index is 0. The normalized spacial score (nSPS) is 12.4. The van der Waals surface area contributed by atoms with Gasteiger partial charge in [-0.3, -0.25) is 9.67 Å². The smallest absolute Gasteiger partial charge is 0.191 e. The zero-order valence-electron chi connectivity index (χ0n) is 16.7. The molecule has 1 atom stereocenters. The molecule has 0 fully saturated rings. The first-order valence-electron chi connectivity index (χ1n) is 9.23. The van der Waals surface area contributed by atoms with E-state index in [1.165, 1.54) is 11.3 Å². The Bertz CT molecular complexity index is 715. The van der Waals surface area contributed by atoms with Crippen molar-refractivity contribution in [3.05, 3.63) is 52.8 Å². The van der Waals surface area contributed by atoms with Crippen molar-refractivity contribution in [3.8, 4) is 0 Å². The van der Waals surface area contributed by atoms with Gasteiger partial charge in [0.1, 0.15) is 0 Å². The Morgan fingerprint density at radius 2 is 1.93 bits per heavy atom. The van der Waals surface area contributed by atoms with Crippen LogP contribution in [0.4, 0.5) is 0 Å². The molecule has 1 aromatic carbocycles. The fourth-order valence-corrected chi connectivity index (χ4v) is 3.02. The third-order valence-corrected chi connectivity index (χ3v) is 4.63. The Morgan fingerprint density at radius 1 is 1.22 bits per heavy atom. The standard InChI is InChI=1S/C20H31N5O.HI/c1-5-21-20(22-12-11-19-15(2)24-25(4)16(19)3)23-13-18(14-26)17-9-7-6-8-10-17;/h6-10,18,26H,5,11-14H2,1-4H3,(H2,21,22,23);1H. The Balaban J connectivity index is 0.00000364. The predicted molar refractivity (Wildman–Crippen MR) is 122 cm³/mol. The number of hydrogen-bond donors (Lipinski definition) is 3. The molecule has 3 N–H and O–H groups in total. The van der Waals surface area contributed by atoms with Gasteiger partial charge in [-0.1, -0.05) is 30.3 Å². The molecule has 2 rings (SSSR count). The predicted octanol–water partition coefficient (Wildman–Crippen LogP) is 2.53. The van der Waals surface area contributed by atoms with Gasteiger partial charge < -0.3 is 15.7 Å². The van der Waals surface area contributed by atoms with E-state index >= 15 is 0 Å². The number of aliphatic hydroxyl groups excluding tert-OH is 1. The molecule has 0 aliphatic rings. The van der Waals surface area contributed by atoms with Gasteiger partial charge in [-0.25, -0.2) is 0 Å². The number of aryl methyl sites for hydroxylation is 2. The molecule has 0 aliphatic heterocycles. The van der Waals surface area contributed by atoms with Crippen LogP contribution < -0.4 is 10.6 Å². The van der Waals surface area contributed by atoms with Crippen molar-refractivity contribution >= 4 is 29.9 Å². The van der Waals surface area contributed by atoms with E-state index in [0.717, 1.165) is 36.7 Å². The zero-order valence-corrected chi connectivity index (χ0v) is 19.0. The number of aromatic nitrogens is 2. The summed E-state index contributed by atoms with van der Waals surface area (Å²) in [6.45, 7) is 8.41. The molecule has 150 valence electrons. The van der Waals surface area contributed by atoms with Crippen molar-refractivity contribution in [2.45, 2.75) is 33.1 Å². The van der Waals surface area contributed by atoms with Gasteiger partial charge in [0.25, 0.3) is 0 Å². The summed E-state index contributed by atoms with van der Waals surface area (Å²) in [6, 6.07) is 10.0. The molecule has 0 bridgehead atoms. The minimum Gasteiger partial charge on any atom is -0.396 e. The summed E-state index contributed by atoms with van der Waals surface area (Å²) in [5.74, 6) is 0.788. The van der Waals surface area contributed by atoms with Crippen LogP contribution in [0.3, 0.4) is 0 Å². The van der Waals surface area contributed by atoms with E-state index in [0.29, 0.717) is 6.54 Å². The van der Waals surface area contributed by atoms with Crippen LogP contribution in [-0.2, 0) is 13.5 Å². The van der Waals surface area contributed by atoms with Crippen molar-refractivity contribution in [3.63, 3.8) is 0 Å². The molecule has 0 spiro atoms. The quantitative estimate of drug-likeness (QED) is 0.305. The first-order chi connectivity index (χ1) is 12.6. The van der Waals surface area contributed by atoms with Gasteiger partial charge in [0.15, 0.2) is 5.96 Å². The maximum Gasteiger partial charge on any atom is 0.191 e. The summed E-state index contributed by atoms with van der Waals surface area (Å²) >= 11 is 0. The van der Waals surface area contributed by atoms with Crippen LogP contribution >= 0.6 is 24.0 Å². The van der Waals surface area contributed by atoms with Crippen LogP contribution in [-0.4, -0.2) is 47.1 Å². The second-order valence-electron chi connectivity index (χ2n) is 6.46. The van der Waals surface area contributed by atoms with Gasteiger partial charge in [0, 0.05) is 31.7 Å². The third kappa shape index (κ3) is 6.80. The van der Waals surface area contributed by atoms with Crippen molar-refractivity contribution in [2.75, 3.05) is 26.2 Å². The van der Waals surface area contributed by atoms with E-state index in [4.69, 9.17) is 0 Å². The first-order valence-corrected chi connectivity index (χ1v) is 9.23. The number of halogens is 1. The zero-order chi connectivity index (χ0) is 18.9. The first kappa shape index (κ1) is 23.4. The van der Waals surface area contributed by atoms with Gasteiger partial charge in [-0.05, 0) is 38.3 Å². The summed E-state index contributed by atoms with van der Waals surface area (Å²) in [7, 11) is 1.98. The topological polar surface area (TPSA) is 74.5 Å². The molecular formula is C20H32IN5O. The molecule has 1 aromatic heterocycles. The van der Waals surface area contributed by atoms with Gasteiger partial charge in [0.2, 0.25) is 0 Å². The Kier molecular flexibility index (Phi) is 10.4.